The minimum absolute atomic E-state index is 0.104. The van der Waals surface area contributed by atoms with Crippen molar-refractivity contribution in [1.29, 1.82) is 10.5 Å². The molecule has 1 aromatic rings. The molecule has 0 aliphatic carbocycles. The van der Waals surface area contributed by atoms with Crippen LogP contribution in [-0.4, -0.2) is 22.8 Å². The number of ether oxygens (including phenoxy) is 1. The fourth-order valence-corrected chi connectivity index (χ4v) is 2.27. The third kappa shape index (κ3) is 2.73. The monoisotopic (exact) mass is 285 g/mol. The summed E-state index contributed by atoms with van der Waals surface area (Å²) < 4.78 is 5.76. The maximum absolute atomic E-state index is 10.5. The molecule has 7 nitrogen and oxygen atoms in total. The van der Waals surface area contributed by atoms with Gasteiger partial charge in [-0.25, -0.2) is 0 Å². The van der Waals surface area contributed by atoms with Crippen LogP contribution >= 0.6 is 0 Å². The molecule has 21 heavy (non-hydrogen) atoms. The van der Waals surface area contributed by atoms with Crippen LogP contribution in [0, 0.1) is 22.8 Å². The van der Waals surface area contributed by atoms with E-state index < -0.39 is 17.7 Å². The Hall–Kier alpha value is -2.77. The summed E-state index contributed by atoms with van der Waals surface area (Å²) in [6, 6.07) is 6.33. The normalized spacial score (nSPS) is 23.2. The molecule has 2 rings (SSSR count). The van der Waals surface area contributed by atoms with Crippen LogP contribution in [0.5, 0.6) is 5.75 Å². The molecule has 0 saturated carbocycles. The summed E-state index contributed by atoms with van der Waals surface area (Å²) in [6.07, 6.45) is 0.636. The van der Waals surface area contributed by atoms with E-state index in [1.807, 2.05) is 6.07 Å². The van der Waals surface area contributed by atoms with Gasteiger partial charge in [-0.3, -0.25) is 0 Å². The van der Waals surface area contributed by atoms with Crippen molar-refractivity contribution in [3.05, 3.63) is 29.3 Å². The first-order valence-electron chi connectivity index (χ1n) is 6.29. The average molecular weight is 285 g/mol. The lowest BCUT2D eigenvalue weighted by molar-refractivity contribution is -0.0611. The van der Waals surface area contributed by atoms with E-state index in [9.17, 15) is 5.11 Å². The molecule has 0 saturated heterocycles. The van der Waals surface area contributed by atoms with E-state index in [-0.39, 0.29) is 5.96 Å². The molecule has 108 valence electrons. The van der Waals surface area contributed by atoms with E-state index >= 15 is 0 Å². The summed E-state index contributed by atoms with van der Waals surface area (Å²) in [6.45, 7) is 3.48. The van der Waals surface area contributed by atoms with Crippen molar-refractivity contribution in [2.45, 2.75) is 31.6 Å². The van der Waals surface area contributed by atoms with Crippen LogP contribution < -0.4 is 15.8 Å². The Labute approximate surface area is 122 Å². The van der Waals surface area contributed by atoms with Gasteiger partial charge in [0.25, 0.3) is 0 Å². The van der Waals surface area contributed by atoms with Gasteiger partial charge in [-0.15, -0.1) is 4.99 Å². The molecule has 2 atom stereocenters. The Morgan fingerprint density at radius 1 is 1.48 bits per heavy atom. The van der Waals surface area contributed by atoms with Gasteiger partial charge in [0.05, 0.1) is 17.7 Å². The first-order valence-corrected chi connectivity index (χ1v) is 6.29. The van der Waals surface area contributed by atoms with Crippen molar-refractivity contribution in [1.82, 2.24) is 5.32 Å². The SMILES string of the molecule is CC1(C)Oc2ccc(C#N)cc2C(N/C(N)=N\C#N)C1O. The summed E-state index contributed by atoms with van der Waals surface area (Å²) in [7, 11) is 0. The average Bonchev–Trinajstić information content (AvgIpc) is 2.43. The highest BCUT2D eigenvalue weighted by Crippen LogP contribution is 2.40. The number of nitrogens with one attached hydrogen (secondary N) is 1. The van der Waals surface area contributed by atoms with Crippen molar-refractivity contribution < 1.29 is 9.84 Å². The van der Waals surface area contributed by atoms with Crippen molar-refractivity contribution >= 4 is 5.96 Å². The number of nitrogens with zero attached hydrogens (tertiary/aromatic N) is 3. The zero-order valence-corrected chi connectivity index (χ0v) is 11.7. The molecule has 1 aliphatic heterocycles. The quantitative estimate of drug-likeness (QED) is 0.392. The molecule has 0 aromatic heterocycles. The van der Waals surface area contributed by atoms with Crippen LogP contribution in [0.1, 0.15) is 31.0 Å². The molecular formula is C14H15N5O2. The Bertz CT molecular complexity index is 669. The summed E-state index contributed by atoms with van der Waals surface area (Å²) >= 11 is 0. The molecule has 0 spiro atoms. The molecule has 0 fully saturated rings. The van der Waals surface area contributed by atoms with E-state index in [0.717, 1.165) is 0 Å². The zero-order valence-electron chi connectivity index (χ0n) is 11.7. The van der Waals surface area contributed by atoms with Crippen LogP contribution in [-0.2, 0) is 0 Å². The molecule has 4 N–H and O–H groups in total. The highest BCUT2D eigenvalue weighted by Gasteiger charge is 2.43. The van der Waals surface area contributed by atoms with Crippen LogP contribution in [0.15, 0.2) is 23.2 Å². The lowest BCUT2D eigenvalue weighted by Gasteiger charge is -2.42. The standard InChI is InChI=1S/C14H15N5O2/c1-14(2)12(20)11(19-13(17)18-7-16)9-5-8(6-15)3-4-10(9)21-14/h3-5,11-12,20H,1-2H3,(H3,17,18,19). The van der Waals surface area contributed by atoms with Gasteiger partial charge in [0.2, 0.25) is 12.2 Å². The lowest BCUT2D eigenvalue weighted by Crippen LogP contribution is -2.54. The lowest BCUT2D eigenvalue weighted by atomic mass is 9.86. The highest BCUT2D eigenvalue weighted by atomic mass is 16.5. The molecule has 0 bridgehead atoms. The number of fused-ring (bicyclic) bond motifs is 1. The number of guanidine groups is 1. The number of nitrogens with two attached hydrogens (primary N) is 1. The fraction of sp³-hybridized carbons (Fsp3) is 0.357. The summed E-state index contributed by atoms with van der Waals surface area (Å²) in [5, 5.41) is 30.8. The third-order valence-corrected chi connectivity index (χ3v) is 3.35. The van der Waals surface area contributed by atoms with E-state index in [2.05, 4.69) is 10.3 Å². The van der Waals surface area contributed by atoms with Gasteiger partial charge in [-0.05, 0) is 32.0 Å². The van der Waals surface area contributed by atoms with E-state index in [4.69, 9.17) is 21.0 Å². The van der Waals surface area contributed by atoms with Crippen molar-refractivity contribution in [2.24, 2.45) is 10.7 Å². The molecule has 1 aromatic carbocycles. The predicted molar refractivity (Wildman–Crippen MR) is 75.0 cm³/mol. The smallest absolute Gasteiger partial charge is 0.209 e. The molecule has 1 aliphatic rings. The Morgan fingerprint density at radius 2 is 2.19 bits per heavy atom. The maximum Gasteiger partial charge on any atom is 0.209 e. The number of rotatable bonds is 1. The van der Waals surface area contributed by atoms with Crippen molar-refractivity contribution in [3.8, 4) is 18.0 Å². The minimum atomic E-state index is -0.939. The summed E-state index contributed by atoms with van der Waals surface area (Å²) in [4.78, 5) is 3.39. The zero-order chi connectivity index (χ0) is 15.6. The van der Waals surface area contributed by atoms with Gasteiger partial charge in [0.1, 0.15) is 17.5 Å². The first-order chi connectivity index (χ1) is 9.89. The number of aliphatic imine (C=N–C) groups is 1. The second kappa shape index (κ2) is 5.31. The van der Waals surface area contributed by atoms with Crippen molar-refractivity contribution in [3.63, 3.8) is 0 Å². The number of hydrogen-bond donors (Lipinski definition) is 3. The molecular weight excluding hydrogens is 270 g/mol. The van der Waals surface area contributed by atoms with Gasteiger partial charge < -0.3 is 20.9 Å². The second-order valence-electron chi connectivity index (χ2n) is 5.23. The van der Waals surface area contributed by atoms with Crippen molar-refractivity contribution in [2.75, 3.05) is 0 Å². The van der Waals surface area contributed by atoms with E-state index in [1.54, 1.807) is 38.2 Å². The van der Waals surface area contributed by atoms with E-state index in [0.29, 0.717) is 16.9 Å². The van der Waals surface area contributed by atoms with Gasteiger partial charge in [-0.1, -0.05) is 0 Å². The molecule has 1 heterocycles. The fourth-order valence-electron chi connectivity index (χ4n) is 2.27. The van der Waals surface area contributed by atoms with Gasteiger partial charge in [0, 0.05) is 5.56 Å². The first kappa shape index (κ1) is 14.6. The summed E-state index contributed by atoms with van der Waals surface area (Å²) in [5.74, 6) is 0.444. The second-order valence-corrected chi connectivity index (χ2v) is 5.23. The predicted octanol–water partition coefficient (Wildman–Crippen LogP) is 0.517. The largest absolute Gasteiger partial charge is 0.485 e. The van der Waals surface area contributed by atoms with Gasteiger partial charge in [0.15, 0.2) is 0 Å². The van der Waals surface area contributed by atoms with Crippen LogP contribution in [0.4, 0.5) is 0 Å². The number of benzene rings is 1. The number of nitriles is 2. The van der Waals surface area contributed by atoms with Gasteiger partial charge in [-0.2, -0.15) is 10.5 Å². The molecule has 0 radical (unpaired) electrons. The number of aliphatic hydroxyl groups is 1. The molecule has 7 heteroatoms. The molecule has 0 amide bonds. The number of aliphatic hydroxyl groups excluding tert-OH is 1. The third-order valence-electron chi connectivity index (χ3n) is 3.35. The Morgan fingerprint density at radius 3 is 2.81 bits per heavy atom. The Balaban J connectivity index is 2.49. The molecule has 2 unspecified atom stereocenters. The topological polar surface area (TPSA) is 127 Å². The number of hydrogen-bond acceptors (Lipinski definition) is 5. The van der Waals surface area contributed by atoms with Crippen LogP contribution in [0.3, 0.4) is 0 Å². The maximum atomic E-state index is 10.5. The van der Waals surface area contributed by atoms with Crippen LogP contribution in [0.2, 0.25) is 0 Å². The highest BCUT2D eigenvalue weighted by molar-refractivity contribution is 5.79. The van der Waals surface area contributed by atoms with Crippen LogP contribution in [0.25, 0.3) is 0 Å². The summed E-state index contributed by atoms with van der Waals surface area (Å²) in [5.41, 5.74) is 5.77. The Kier molecular flexibility index (Phi) is 3.70. The van der Waals surface area contributed by atoms with Gasteiger partial charge >= 0.3 is 0 Å². The minimum Gasteiger partial charge on any atom is -0.485 e. The van der Waals surface area contributed by atoms with E-state index in [1.165, 1.54) is 0 Å².